The molecule has 2 aromatic carbocycles. The minimum atomic E-state index is -1.73. The van der Waals surface area contributed by atoms with E-state index < -0.39 is 17.2 Å². The number of hydrogen-bond donors (Lipinski definition) is 1. The molecule has 0 saturated carbocycles. The van der Waals surface area contributed by atoms with E-state index in [1.807, 2.05) is 32.0 Å². The predicted molar refractivity (Wildman–Crippen MR) is 151 cm³/mol. The average Bonchev–Trinajstić information content (AvgIpc) is 3.35. The molecule has 0 bridgehead atoms. The highest BCUT2D eigenvalue weighted by atomic mass is 16.5. The number of ketones is 1. The molecule has 2 fully saturated rings. The van der Waals surface area contributed by atoms with Crippen LogP contribution >= 0.6 is 0 Å². The number of aliphatic hydroxyl groups is 1. The first-order chi connectivity index (χ1) is 19.4. The smallest absolute Gasteiger partial charge is 0.296 e. The Labute approximate surface area is 235 Å². The van der Waals surface area contributed by atoms with Crippen LogP contribution < -0.4 is 9.64 Å². The van der Waals surface area contributed by atoms with Crippen LogP contribution in [0.3, 0.4) is 0 Å². The van der Waals surface area contributed by atoms with Crippen LogP contribution in [-0.4, -0.2) is 85.0 Å². The molecule has 9 heteroatoms. The van der Waals surface area contributed by atoms with Crippen molar-refractivity contribution in [3.63, 3.8) is 0 Å². The third-order valence-corrected chi connectivity index (χ3v) is 7.94. The highest BCUT2D eigenvalue weighted by Gasteiger charge is 2.66. The van der Waals surface area contributed by atoms with Crippen molar-refractivity contribution >= 4 is 29.0 Å². The van der Waals surface area contributed by atoms with Gasteiger partial charge >= 0.3 is 0 Å². The monoisotopic (exact) mass is 547 g/mol. The number of unbranched alkanes of at least 4 members (excludes halogenated alkanes) is 1. The molecule has 3 heterocycles. The summed E-state index contributed by atoms with van der Waals surface area (Å²) < 4.78 is 11.0. The molecule has 0 radical (unpaired) electrons. The van der Waals surface area contributed by atoms with Gasteiger partial charge in [0.1, 0.15) is 11.5 Å². The van der Waals surface area contributed by atoms with Gasteiger partial charge in [-0.2, -0.15) is 0 Å². The van der Waals surface area contributed by atoms with E-state index in [0.717, 1.165) is 25.9 Å². The SMILES string of the molecule is CCCCN1C(=O)[C@]2(C(=C(O)c3ccc(OCC)cc3)C(=O)C(=O)N2CCCN2CCOCC2)c2ccccc21. The van der Waals surface area contributed by atoms with Gasteiger partial charge in [-0.15, -0.1) is 0 Å². The maximum atomic E-state index is 14.5. The van der Waals surface area contributed by atoms with Gasteiger partial charge in [-0.1, -0.05) is 31.5 Å². The van der Waals surface area contributed by atoms with Crippen LogP contribution in [0.4, 0.5) is 5.69 Å². The number of rotatable bonds is 10. The molecule has 40 heavy (non-hydrogen) atoms. The molecule has 0 unspecified atom stereocenters. The van der Waals surface area contributed by atoms with Crippen LogP contribution in [0.25, 0.3) is 5.76 Å². The second-order valence-corrected chi connectivity index (χ2v) is 10.3. The maximum absolute atomic E-state index is 14.5. The molecule has 5 rings (SSSR count). The van der Waals surface area contributed by atoms with Crippen LogP contribution in [0.2, 0.25) is 0 Å². The number of benzene rings is 2. The van der Waals surface area contributed by atoms with E-state index >= 15 is 0 Å². The molecule has 1 atom stereocenters. The fourth-order valence-corrected chi connectivity index (χ4v) is 6.00. The summed E-state index contributed by atoms with van der Waals surface area (Å²) in [6, 6.07) is 14.0. The van der Waals surface area contributed by atoms with Crippen molar-refractivity contribution in [2.24, 2.45) is 0 Å². The summed E-state index contributed by atoms with van der Waals surface area (Å²) in [6.45, 7) is 8.68. The summed E-state index contributed by atoms with van der Waals surface area (Å²) in [5.74, 6) is -1.74. The van der Waals surface area contributed by atoms with Crippen LogP contribution in [0.15, 0.2) is 54.1 Å². The van der Waals surface area contributed by atoms with Crippen LogP contribution in [-0.2, 0) is 24.7 Å². The zero-order valence-corrected chi connectivity index (χ0v) is 23.2. The Hall–Kier alpha value is -3.69. The maximum Gasteiger partial charge on any atom is 0.296 e. The van der Waals surface area contributed by atoms with Gasteiger partial charge in [0, 0.05) is 43.9 Å². The summed E-state index contributed by atoms with van der Waals surface area (Å²) in [5.41, 5.74) is -0.352. The number of amides is 2. The topological polar surface area (TPSA) is 99.6 Å². The molecule has 9 nitrogen and oxygen atoms in total. The Morgan fingerprint density at radius 2 is 1.68 bits per heavy atom. The number of anilines is 1. The van der Waals surface area contributed by atoms with E-state index in [1.165, 1.54) is 4.90 Å². The summed E-state index contributed by atoms with van der Waals surface area (Å²) in [7, 11) is 0. The van der Waals surface area contributed by atoms with Gasteiger partial charge < -0.3 is 24.4 Å². The number of Topliss-reactive ketones (excluding diaryl/α,β-unsaturated/α-hetero) is 1. The van der Waals surface area contributed by atoms with Gasteiger partial charge in [0.25, 0.3) is 17.6 Å². The molecule has 1 N–H and O–H groups in total. The first kappa shape index (κ1) is 27.9. The molecule has 1 spiro atoms. The van der Waals surface area contributed by atoms with Crippen LogP contribution in [0.5, 0.6) is 5.75 Å². The number of para-hydroxylation sites is 1. The van der Waals surface area contributed by atoms with Crippen LogP contribution in [0.1, 0.15) is 44.2 Å². The fraction of sp³-hybridized carbons (Fsp3) is 0.452. The third-order valence-electron chi connectivity index (χ3n) is 7.94. The molecule has 2 amide bonds. The van der Waals surface area contributed by atoms with Crippen molar-refractivity contribution in [2.75, 3.05) is 57.4 Å². The lowest BCUT2D eigenvalue weighted by Gasteiger charge is -2.35. The summed E-state index contributed by atoms with van der Waals surface area (Å²) >= 11 is 0. The Morgan fingerprint density at radius 1 is 0.950 bits per heavy atom. The van der Waals surface area contributed by atoms with E-state index in [-0.39, 0.29) is 23.8 Å². The van der Waals surface area contributed by atoms with E-state index in [1.54, 1.807) is 35.2 Å². The number of hydrogen-bond acceptors (Lipinski definition) is 7. The molecule has 2 saturated heterocycles. The lowest BCUT2D eigenvalue weighted by Crippen LogP contribution is -2.52. The zero-order chi connectivity index (χ0) is 28.3. The Kier molecular flexibility index (Phi) is 8.23. The van der Waals surface area contributed by atoms with Gasteiger partial charge in [0.15, 0.2) is 5.54 Å². The number of ether oxygens (including phenoxy) is 2. The van der Waals surface area contributed by atoms with Crippen molar-refractivity contribution in [3.8, 4) is 5.75 Å². The van der Waals surface area contributed by atoms with E-state index in [2.05, 4.69) is 4.90 Å². The van der Waals surface area contributed by atoms with E-state index in [4.69, 9.17) is 9.47 Å². The number of carbonyl (C=O) groups is 3. The molecule has 3 aliphatic heterocycles. The number of likely N-dealkylation sites (tertiary alicyclic amines) is 1. The predicted octanol–water partition coefficient (Wildman–Crippen LogP) is 3.53. The first-order valence-electron chi connectivity index (χ1n) is 14.2. The van der Waals surface area contributed by atoms with Gasteiger partial charge in [-0.05, 0) is 50.1 Å². The Balaban J connectivity index is 1.62. The Morgan fingerprint density at radius 3 is 2.38 bits per heavy atom. The molecule has 2 aromatic rings. The molecule has 0 aliphatic carbocycles. The summed E-state index contributed by atoms with van der Waals surface area (Å²) in [5, 5.41) is 11.7. The first-order valence-corrected chi connectivity index (χ1v) is 14.2. The summed E-state index contributed by atoms with van der Waals surface area (Å²) in [6.07, 6.45) is 2.21. The van der Waals surface area contributed by atoms with Gasteiger partial charge in [0.2, 0.25) is 0 Å². The average molecular weight is 548 g/mol. The second-order valence-electron chi connectivity index (χ2n) is 10.3. The molecule has 3 aliphatic rings. The van der Waals surface area contributed by atoms with Gasteiger partial charge in [-0.25, -0.2) is 0 Å². The molecule has 0 aromatic heterocycles. The molecular formula is C31H37N3O6. The number of morpholine rings is 1. The standard InChI is InChI=1S/C31H37N3O6/c1-3-5-16-33-25-10-7-6-9-24(25)31(30(33)38)26(27(35)22-11-13-23(14-12-22)40-4-2)28(36)29(37)34(31)17-8-15-32-18-20-39-21-19-32/h6-7,9-14,35H,3-5,8,15-21H2,1-2H3/t31-/m1/s1. The highest BCUT2D eigenvalue weighted by molar-refractivity contribution is 6.50. The van der Waals surface area contributed by atoms with Crippen molar-refractivity contribution in [1.82, 2.24) is 9.80 Å². The van der Waals surface area contributed by atoms with Crippen molar-refractivity contribution < 1.29 is 29.0 Å². The van der Waals surface area contributed by atoms with Gasteiger partial charge in [-0.3, -0.25) is 19.3 Å². The second kappa shape index (κ2) is 11.8. The van der Waals surface area contributed by atoms with Crippen molar-refractivity contribution in [1.29, 1.82) is 0 Å². The van der Waals surface area contributed by atoms with Crippen molar-refractivity contribution in [2.45, 2.75) is 38.6 Å². The molecule has 212 valence electrons. The normalized spacial score (nSPS) is 22.4. The quantitative estimate of drug-likeness (QED) is 0.276. The van der Waals surface area contributed by atoms with E-state index in [9.17, 15) is 19.5 Å². The fourth-order valence-electron chi connectivity index (χ4n) is 6.00. The lowest BCUT2D eigenvalue weighted by molar-refractivity contribution is -0.143. The Bertz CT molecular complexity index is 1300. The molecular weight excluding hydrogens is 510 g/mol. The number of aliphatic hydroxyl groups excluding tert-OH is 1. The zero-order valence-electron chi connectivity index (χ0n) is 23.2. The van der Waals surface area contributed by atoms with Gasteiger partial charge in [0.05, 0.1) is 31.1 Å². The van der Waals surface area contributed by atoms with Crippen molar-refractivity contribution in [3.05, 3.63) is 65.2 Å². The number of carbonyl (C=O) groups excluding carboxylic acids is 3. The number of nitrogens with zero attached hydrogens (tertiary/aromatic N) is 3. The third kappa shape index (κ3) is 4.67. The minimum Gasteiger partial charge on any atom is -0.507 e. The highest BCUT2D eigenvalue weighted by Crippen LogP contribution is 2.53. The van der Waals surface area contributed by atoms with Crippen LogP contribution in [0, 0.1) is 0 Å². The largest absolute Gasteiger partial charge is 0.507 e. The number of fused-ring (bicyclic) bond motifs is 2. The van der Waals surface area contributed by atoms with E-state index in [0.29, 0.717) is 61.9 Å². The summed E-state index contributed by atoms with van der Waals surface area (Å²) in [4.78, 5) is 47.4. The minimum absolute atomic E-state index is 0.176. The lowest BCUT2D eigenvalue weighted by atomic mass is 9.82.